The molecule has 0 aliphatic rings. The van der Waals surface area contributed by atoms with Crippen molar-refractivity contribution in [1.29, 1.82) is 0 Å². The van der Waals surface area contributed by atoms with E-state index >= 15 is 0 Å². The smallest absolute Gasteiger partial charge is 0.261 e. The van der Waals surface area contributed by atoms with E-state index in [0.29, 0.717) is 23.9 Å². The van der Waals surface area contributed by atoms with Crippen molar-refractivity contribution in [2.75, 3.05) is 0 Å². The van der Waals surface area contributed by atoms with Gasteiger partial charge in [0, 0.05) is 10.9 Å². The largest absolute Gasteiger partial charge is 0.480 e. The molecule has 3 aromatic carbocycles. The number of hydrogen-bond acceptors (Lipinski definition) is 5. The molecule has 6 heteroatoms. The lowest BCUT2D eigenvalue weighted by Gasteiger charge is -2.18. The van der Waals surface area contributed by atoms with Crippen molar-refractivity contribution in [3.05, 3.63) is 78.2 Å². The van der Waals surface area contributed by atoms with E-state index in [4.69, 9.17) is 9.26 Å². The summed E-state index contributed by atoms with van der Waals surface area (Å²) < 4.78 is 11.3. The zero-order valence-corrected chi connectivity index (χ0v) is 17.0. The molecule has 1 amide bonds. The summed E-state index contributed by atoms with van der Waals surface area (Å²) in [6, 6.07) is 21.6. The minimum atomic E-state index is -0.615. The van der Waals surface area contributed by atoms with Crippen LogP contribution >= 0.6 is 0 Å². The number of benzene rings is 3. The molecule has 0 saturated carbocycles. The lowest BCUT2D eigenvalue weighted by molar-refractivity contribution is -0.128. The Bertz CT molecular complexity index is 1150. The lowest BCUT2D eigenvalue weighted by Crippen LogP contribution is -2.37. The number of rotatable bonds is 7. The maximum atomic E-state index is 12.7. The molecule has 0 radical (unpaired) electrons. The van der Waals surface area contributed by atoms with Crippen LogP contribution in [0.3, 0.4) is 0 Å². The highest BCUT2D eigenvalue weighted by atomic mass is 16.5. The van der Waals surface area contributed by atoms with E-state index in [1.807, 2.05) is 80.6 Å². The summed E-state index contributed by atoms with van der Waals surface area (Å²) in [6.07, 6.45) is -0.0802. The van der Waals surface area contributed by atoms with Gasteiger partial charge in [0.25, 0.3) is 5.91 Å². The number of nitrogens with one attached hydrogen (secondary N) is 1. The van der Waals surface area contributed by atoms with Crippen molar-refractivity contribution in [2.45, 2.75) is 32.9 Å². The average molecular weight is 401 g/mol. The number of carbonyl (C=O) groups excluding carboxylic acids is 1. The first-order valence-electron chi connectivity index (χ1n) is 9.96. The highest BCUT2D eigenvalue weighted by molar-refractivity contribution is 5.89. The molecule has 4 aromatic rings. The monoisotopic (exact) mass is 401 g/mol. The van der Waals surface area contributed by atoms with Gasteiger partial charge in [-0.05, 0) is 24.8 Å². The Morgan fingerprint density at radius 1 is 1.07 bits per heavy atom. The highest BCUT2D eigenvalue weighted by Crippen LogP contribution is 2.26. The van der Waals surface area contributed by atoms with Crippen molar-refractivity contribution in [3.8, 4) is 17.1 Å². The van der Waals surface area contributed by atoms with E-state index in [1.165, 1.54) is 0 Å². The van der Waals surface area contributed by atoms with Crippen molar-refractivity contribution in [1.82, 2.24) is 15.5 Å². The van der Waals surface area contributed by atoms with Gasteiger partial charge in [-0.2, -0.15) is 4.98 Å². The topological polar surface area (TPSA) is 77.2 Å². The second kappa shape index (κ2) is 8.78. The van der Waals surface area contributed by atoms with E-state index < -0.39 is 6.10 Å². The first-order chi connectivity index (χ1) is 14.6. The molecule has 0 aliphatic heterocycles. The molecule has 1 atom stereocenters. The number of fused-ring (bicyclic) bond motifs is 1. The number of amides is 1. The zero-order valence-electron chi connectivity index (χ0n) is 17.0. The molecule has 0 bridgehead atoms. The summed E-state index contributed by atoms with van der Waals surface area (Å²) in [5.41, 5.74) is 2.03. The van der Waals surface area contributed by atoms with E-state index in [-0.39, 0.29) is 12.5 Å². The van der Waals surface area contributed by atoms with Crippen LogP contribution in [0.4, 0.5) is 0 Å². The molecule has 30 heavy (non-hydrogen) atoms. The maximum absolute atomic E-state index is 12.7. The van der Waals surface area contributed by atoms with Crippen LogP contribution in [0.25, 0.3) is 22.2 Å². The van der Waals surface area contributed by atoms with Crippen molar-refractivity contribution in [2.24, 2.45) is 0 Å². The van der Waals surface area contributed by atoms with E-state index in [2.05, 4.69) is 15.5 Å². The molecule has 6 nitrogen and oxygen atoms in total. The van der Waals surface area contributed by atoms with E-state index in [0.717, 1.165) is 21.9 Å². The van der Waals surface area contributed by atoms with Crippen LogP contribution in [-0.2, 0) is 11.3 Å². The summed E-state index contributed by atoms with van der Waals surface area (Å²) in [7, 11) is 0. The molecule has 152 valence electrons. The van der Waals surface area contributed by atoms with Gasteiger partial charge in [-0.25, -0.2) is 0 Å². The number of aryl methyl sites for hydroxylation is 1. The van der Waals surface area contributed by atoms with Gasteiger partial charge in [0.2, 0.25) is 11.7 Å². The molecule has 0 aliphatic carbocycles. The second-order valence-corrected chi connectivity index (χ2v) is 7.09. The molecule has 0 unspecified atom stereocenters. The molecule has 1 N–H and O–H groups in total. The molecule has 0 saturated heterocycles. The Kier molecular flexibility index (Phi) is 5.75. The molecule has 1 aromatic heterocycles. The normalized spacial score (nSPS) is 11.9. The fourth-order valence-electron chi connectivity index (χ4n) is 3.20. The van der Waals surface area contributed by atoms with Gasteiger partial charge in [0.1, 0.15) is 5.75 Å². The number of aromatic nitrogens is 2. The van der Waals surface area contributed by atoms with E-state index in [9.17, 15) is 4.79 Å². The predicted molar refractivity (Wildman–Crippen MR) is 115 cm³/mol. The Labute approximate surface area is 174 Å². The zero-order chi connectivity index (χ0) is 20.9. The van der Waals surface area contributed by atoms with Crippen LogP contribution in [0.2, 0.25) is 0 Å². The summed E-state index contributed by atoms with van der Waals surface area (Å²) in [4.78, 5) is 17.0. The van der Waals surface area contributed by atoms with Crippen LogP contribution in [0.1, 0.15) is 24.8 Å². The first-order valence-corrected chi connectivity index (χ1v) is 9.96. The van der Waals surface area contributed by atoms with Gasteiger partial charge >= 0.3 is 0 Å². The molecular formula is C24H23N3O3. The van der Waals surface area contributed by atoms with Crippen molar-refractivity contribution in [3.63, 3.8) is 0 Å². The first kappa shape index (κ1) is 19.6. The summed E-state index contributed by atoms with van der Waals surface area (Å²) in [5.74, 6) is 1.31. The molecule has 0 fully saturated rings. The van der Waals surface area contributed by atoms with Gasteiger partial charge in [-0.1, -0.05) is 78.3 Å². The number of nitrogens with zero attached hydrogens (tertiary/aromatic N) is 2. The van der Waals surface area contributed by atoms with Crippen LogP contribution < -0.4 is 10.1 Å². The number of ether oxygens (including phenoxy) is 1. The van der Waals surface area contributed by atoms with Gasteiger partial charge in [-0.15, -0.1) is 0 Å². The van der Waals surface area contributed by atoms with Gasteiger partial charge in [-0.3, -0.25) is 4.79 Å². The molecule has 4 rings (SSSR count). The summed E-state index contributed by atoms with van der Waals surface area (Å²) >= 11 is 0. The third-order valence-corrected chi connectivity index (χ3v) is 4.87. The number of carbonyl (C=O) groups is 1. The fraction of sp³-hybridized carbons (Fsp3) is 0.208. The van der Waals surface area contributed by atoms with Crippen LogP contribution in [0.5, 0.6) is 5.75 Å². The fourth-order valence-corrected chi connectivity index (χ4v) is 3.20. The van der Waals surface area contributed by atoms with Crippen LogP contribution in [-0.4, -0.2) is 22.2 Å². The average Bonchev–Trinajstić information content (AvgIpc) is 3.25. The van der Waals surface area contributed by atoms with Crippen molar-refractivity contribution < 1.29 is 14.1 Å². The maximum Gasteiger partial charge on any atom is 0.261 e. The molecule has 0 spiro atoms. The van der Waals surface area contributed by atoms with Crippen molar-refractivity contribution >= 4 is 16.7 Å². The standard InChI is InChI=1S/C24H23N3O3/c1-3-20(29-21-10-6-8-17-7-4-5-9-19(17)21)24(28)25-15-22-26-23(27-30-22)18-13-11-16(2)12-14-18/h4-14,20H,3,15H2,1-2H3,(H,25,28)/t20-/m0/s1. The SMILES string of the molecule is CC[C@H](Oc1cccc2ccccc12)C(=O)NCc1nc(-c2ccc(C)cc2)no1. The quantitative estimate of drug-likeness (QED) is 0.487. The minimum absolute atomic E-state index is 0.146. The van der Waals surface area contributed by atoms with Gasteiger partial charge in [0.05, 0.1) is 6.54 Å². The summed E-state index contributed by atoms with van der Waals surface area (Å²) in [6.45, 7) is 4.08. The van der Waals surface area contributed by atoms with E-state index in [1.54, 1.807) is 0 Å². The third-order valence-electron chi connectivity index (χ3n) is 4.87. The molecule has 1 heterocycles. The Hall–Kier alpha value is -3.67. The minimum Gasteiger partial charge on any atom is -0.480 e. The highest BCUT2D eigenvalue weighted by Gasteiger charge is 2.20. The Morgan fingerprint density at radius 3 is 2.63 bits per heavy atom. The number of hydrogen-bond donors (Lipinski definition) is 1. The Morgan fingerprint density at radius 2 is 1.83 bits per heavy atom. The molecular weight excluding hydrogens is 378 g/mol. The van der Waals surface area contributed by atoms with Gasteiger partial charge < -0.3 is 14.6 Å². The third kappa shape index (κ3) is 4.33. The second-order valence-electron chi connectivity index (χ2n) is 7.09. The van der Waals surface area contributed by atoms with Crippen LogP contribution in [0, 0.1) is 6.92 Å². The Balaban J connectivity index is 1.41. The lowest BCUT2D eigenvalue weighted by atomic mass is 10.1. The summed E-state index contributed by atoms with van der Waals surface area (Å²) in [5, 5.41) is 8.87. The van der Waals surface area contributed by atoms with Crippen LogP contribution in [0.15, 0.2) is 71.3 Å². The predicted octanol–water partition coefficient (Wildman–Crippen LogP) is 4.67. The van der Waals surface area contributed by atoms with Gasteiger partial charge in [0.15, 0.2) is 6.10 Å².